The number of amides is 3. The van der Waals surface area contributed by atoms with Crippen molar-refractivity contribution in [3.05, 3.63) is 83.4 Å². The Balaban J connectivity index is 1.18. The van der Waals surface area contributed by atoms with E-state index in [0.29, 0.717) is 67.4 Å². The molecular formula is C35H42N4O6. The predicted molar refractivity (Wildman–Crippen MR) is 174 cm³/mol. The second kappa shape index (κ2) is 14.0. The van der Waals surface area contributed by atoms with Crippen LogP contribution in [0.15, 0.2) is 66.7 Å². The van der Waals surface area contributed by atoms with Crippen LogP contribution in [0.3, 0.4) is 0 Å². The maximum atomic E-state index is 13.3. The summed E-state index contributed by atoms with van der Waals surface area (Å²) >= 11 is 0. The molecule has 10 heteroatoms. The second-order valence-electron chi connectivity index (χ2n) is 12.4. The van der Waals surface area contributed by atoms with E-state index in [1.54, 1.807) is 35.2 Å². The van der Waals surface area contributed by atoms with E-state index in [1.807, 2.05) is 64.1 Å². The second-order valence-corrected chi connectivity index (χ2v) is 12.4. The van der Waals surface area contributed by atoms with Gasteiger partial charge in [-0.1, -0.05) is 18.2 Å². The fourth-order valence-corrected chi connectivity index (χ4v) is 5.28. The van der Waals surface area contributed by atoms with Gasteiger partial charge in [0.1, 0.15) is 17.5 Å². The molecule has 2 aliphatic heterocycles. The molecule has 10 nitrogen and oxygen atoms in total. The number of nitrogens with one attached hydrogen (secondary N) is 2. The van der Waals surface area contributed by atoms with E-state index in [2.05, 4.69) is 15.5 Å². The standard InChI is InChI=1S/C35H42N4O6/c1-24-11-12-26(32(40)36-27-8-6-9-28(23-27)38-17-19-43-20-18-38)22-31(24)37-33(41)25-7-5-10-30(21-25)44-29-13-15-39(16-14-29)34(42)45-35(2,3)4/h5-12,21-23,29H,13-20H2,1-4H3,(H,36,40)(H,37,41). The van der Waals surface area contributed by atoms with Crippen LogP contribution in [0.2, 0.25) is 0 Å². The molecular weight excluding hydrogens is 572 g/mol. The van der Waals surface area contributed by atoms with Crippen molar-refractivity contribution in [3.8, 4) is 5.75 Å². The first-order valence-corrected chi connectivity index (χ1v) is 15.4. The van der Waals surface area contributed by atoms with E-state index < -0.39 is 5.60 Å². The van der Waals surface area contributed by atoms with Crippen LogP contribution in [-0.2, 0) is 9.47 Å². The van der Waals surface area contributed by atoms with Gasteiger partial charge >= 0.3 is 6.09 Å². The van der Waals surface area contributed by atoms with Crippen molar-refractivity contribution >= 4 is 35.0 Å². The van der Waals surface area contributed by atoms with Gasteiger partial charge in [-0.05, 0) is 81.8 Å². The summed E-state index contributed by atoms with van der Waals surface area (Å²) in [5.74, 6) is 0.0133. The Morgan fingerprint density at radius 2 is 1.51 bits per heavy atom. The Kier molecular flexibility index (Phi) is 9.93. The van der Waals surface area contributed by atoms with Crippen LogP contribution in [0.25, 0.3) is 0 Å². The van der Waals surface area contributed by atoms with Crippen LogP contribution in [0.4, 0.5) is 21.9 Å². The highest BCUT2D eigenvalue weighted by atomic mass is 16.6. The van der Waals surface area contributed by atoms with Gasteiger partial charge in [0.2, 0.25) is 0 Å². The SMILES string of the molecule is Cc1ccc(C(=O)Nc2cccc(N3CCOCC3)c2)cc1NC(=O)c1cccc(OC2CCN(C(=O)OC(C)(C)C)CC2)c1. The minimum absolute atomic E-state index is 0.0750. The quantitative estimate of drug-likeness (QED) is 0.330. The predicted octanol–water partition coefficient (Wildman–Crippen LogP) is 6.11. The Labute approximate surface area is 264 Å². The van der Waals surface area contributed by atoms with Gasteiger partial charge in [-0.2, -0.15) is 0 Å². The van der Waals surface area contributed by atoms with Gasteiger partial charge in [-0.25, -0.2) is 4.79 Å². The molecule has 2 fully saturated rings. The molecule has 3 aromatic rings. The summed E-state index contributed by atoms with van der Waals surface area (Å²) in [6, 6.07) is 20.0. The first-order valence-electron chi connectivity index (χ1n) is 15.4. The van der Waals surface area contributed by atoms with Crippen molar-refractivity contribution in [1.82, 2.24) is 4.90 Å². The molecule has 0 spiro atoms. The molecule has 0 aliphatic carbocycles. The van der Waals surface area contributed by atoms with E-state index in [4.69, 9.17) is 14.2 Å². The average molecular weight is 615 g/mol. The fourth-order valence-electron chi connectivity index (χ4n) is 5.28. The molecule has 0 saturated carbocycles. The zero-order chi connectivity index (χ0) is 32.0. The molecule has 45 heavy (non-hydrogen) atoms. The summed E-state index contributed by atoms with van der Waals surface area (Å²) in [7, 11) is 0. The lowest BCUT2D eigenvalue weighted by molar-refractivity contribution is 0.0126. The molecule has 2 heterocycles. The summed E-state index contributed by atoms with van der Waals surface area (Å²) in [4.78, 5) is 42.7. The van der Waals surface area contributed by atoms with E-state index in [-0.39, 0.29) is 24.0 Å². The number of hydrogen-bond acceptors (Lipinski definition) is 7. The van der Waals surface area contributed by atoms with Crippen molar-refractivity contribution in [2.45, 2.75) is 52.2 Å². The molecule has 2 saturated heterocycles. The van der Waals surface area contributed by atoms with E-state index in [1.165, 1.54) is 0 Å². The number of carbonyl (C=O) groups is 3. The molecule has 2 aliphatic rings. The summed E-state index contributed by atoms with van der Waals surface area (Å²) in [6.07, 6.45) is 0.950. The number of benzene rings is 3. The number of rotatable bonds is 7. The number of likely N-dealkylation sites (tertiary alicyclic amines) is 1. The van der Waals surface area contributed by atoms with Crippen molar-refractivity contribution < 1.29 is 28.6 Å². The lowest BCUT2D eigenvalue weighted by Gasteiger charge is -2.33. The maximum absolute atomic E-state index is 13.3. The summed E-state index contributed by atoms with van der Waals surface area (Å²) in [6.45, 7) is 11.5. The summed E-state index contributed by atoms with van der Waals surface area (Å²) < 4.78 is 17.1. The van der Waals surface area contributed by atoms with Gasteiger partial charge in [-0.15, -0.1) is 0 Å². The third-order valence-electron chi connectivity index (χ3n) is 7.72. The van der Waals surface area contributed by atoms with Crippen molar-refractivity contribution in [2.24, 2.45) is 0 Å². The van der Waals surface area contributed by atoms with E-state index in [9.17, 15) is 14.4 Å². The first-order chi connectivity index (χ1) is 21.5. The van der Waals surface area contributed by atoms with Crippen molar-refractivity contribution in [3.63, 3.8) is 0 Å². The minimum Gasteiger partial charge on any atom is -0.490 e. The Morgan fingerprint density at radius 3 is 2.24 bits per heavy atom. The smallest absolute Gasteiger partial charge is 0.410 e. The summed E-state index contributed by atoms with van der Waals surface area (Å²) in [5.41, 5.74) is 3.45. The topological polar surface area (TPSA) is 109 Å². The first kappa shape index (κ1) is 31.8. The van der Waals surface area contributed by atoms with E-state index in [0.717, 1.165) is 24.3 Å². The number of hydrogen-bond donors (Lipinski definition) is 2. The van der Waals surface area contributed by atoms with Crippen LogP contribution in [0.5, 0.6) is 5.75 Å². The Morgan fingerprint density at radius 1 is 0.822 bits per heavy atom. The van der Waals surface area contributed by atoms with Gasteiger partial charge in [0.15, 0.2) is 0 Å². The molecule has 2 N–H and O–H groups in total. The molecule has 238 valence electrons. The third kappa shape index (κ3) is 8.76. The van der Waals surface area contributed by atoms with Gasteiger partial charge in [0, 0.05) is 67.2 Å². The van der Waals surface area contributed by atoms with Crippen LogP contribution in [0, 0.1) is 6.92 Å². The zero-order valence-electron chi connectivity index (χ0n) is 26.4. The van der Waals surface area contributed by atoms with Crippen LogP contribution in [0.1, 0.15) is 59.9 Å². The lowest BCUT2D eigenvalue weighted by atomic mass is 10.1. The van der Waals surface area contributed by atoms with Gasteiger partial charge < -0.3 is 34.6 Å². The molecule has 3 aromatic carbocycles. The average Bonchev–Trinajstić information content (AvgIpc) is 3.02. The van der Waals surface area contributed by atoms with Crippen LogP contribution in [-0.4, -0.2) is 73.9 Å². The van der Waals surface area contributed by atoms with Gasteiger partial charge in [0.25, 0.3) is 11.8 Å². The number of aryl methyl sites for hydroxylation is 1. The molecule has 0 aromatic heterocycles. The Bertz CT molecular complexity index is 1520. The fraction of sp³-hybridized carbons (Fsp3) is 0.400. The zero-order valence-corrected chi connectivity index (χ0v) is 26.4. The molecule has 0 radical (unpaired) electrons. The van der Waals surface area contributed by atoms with Gasteiger partial charge in [-0.3, -0.25) is 9.59 Å². The third-order valence-corrected chi connectivity index (χ3v) is 7.72. The largest absolute Gasteiger partial charge is 0.490 e. The van der Waals surface area contributed by atoms with Gasteiger partial charge in [0.05, 0.1) is 13.2 Å². The normalized spacial score (nSPS) is 15.7. The number of morpholine rings is 1. The molecule has 0 unspecified atom stereocenters. The monoisotopic (exact) mass is 614 g/mol. The number of carbonyl (C=O) groups excluding carboxylic acids is 3. The summed E-state index contributed by atoms with van der Waals surface area (Å²) in [5, 5.41) is 5.93. The highest BCUT2D eigenvalue weighted by Gasteiger charge is 2.28. The van der Waals surface area contributed by atoms with Crippen LogP contribution >= 0.6 is 0 Å². The number of anilines is 3. The highest BCUT2D eigenvalue weighted by Crippen LogP contribution is 2.25. The lowest BCUT2D eigenvalue weighted by Crippen LogP contribution is -2.44. The van der Waals surface area contributed by atoms with Crippen LogP contribution < -0.4 is 20.3 Å². The van der Waals surface area contributed by atoms with Crippen molar-refractivity contribution in [1.29, 1.82) is 0 Å². The molecule has 0 atom stereocenters. The number of ether oxygens (including phenoxy) is 3. The molecule has 0 bridgehead atoms. The number of piperidine rings is 1. The molecule has 3 amide bonds. The minimum atomic E-state index is -0.534. The maximum Gasteiger partial charge on any atom is 0.410 e. The Hall–Kier alpha value is -4.57. The number of nitrogens with zero attached hydrogens (tertiary/aromatic N) is 2. The van der Waals surface area contributed by atoms with Crippen molar-refractivity contribution in [2.75, 3.05) is 54.9 Å². The molecule has 5 rings (SSSR count). The van der Waals surface area contributed by atoms with E-state index >= 15 is 0 Å². The highest BCUT2D eigenvalue weighted by molar-refractivity contribution is 6.08.